The van der Waals surface area contributed by atoms with Crippen LogP contribution in [0.2, 0.25) is 0 Å². The summed E-state index contributed by atoms with van der Waals surface area (Å²) in [6, 6.07) is 10.5. The molecule has 0 bridgehead atoms. The number of anilines is 1. The fourth-order valence-electron chi connectivity index (χ4n) is 4.94. The summed E-state index contributed by atoms with van der Waals surface area (Å²) in [5.74, 6) is 1.14. The van der Waals surface area contributed by atoms with E-state index < -0.39 is 5.51 Å². The van der Waals surface area contributed by atoms with Crippen molar-refractivity contribution in [2.45, 2.75) is 36.1 Å². The standard InChI is InChI=1S/C26H33F3N4O2S/c1-35-24-9-6-22(18-30-24)32-15-13-31(14-16-32)12-10-25(34)33-11-2-3-21(19-33)17-20-4-7-23(8-5-20)36-26(27,28)29/h4-9,18,21H,2-3,10-17,19H2,1H3/t21-/m1/s1. The minimum Gasteiger partial charge on any atom is -0.481 e. The lowest BCUT2D eigenvalue weighted by Gasteiger charge is -2.37. The molecule has 2 saturated heterocycles. The second kappa shape index (κ2) is 12.2. The Bertz CT molecular complexity index is 980. The van der Waals surface area contributed by atoms with Gasteiger partial charge in [0, 0.05) is 63.2 Å². The number of amides is 1. The molecule has 0 radical (unpaired) electrons. The number of carbonyl (C=O) groups is 1. The molecule has 4 rings (SSSR count). The molecular weight excluding hydrogens is 489 g/mol. The fourth-order valence-corrected chi connectivity index (χ4v) is 5.48. The van der Waals surface area contributed by atoms with Crippen molar-refractivity contribution in [3.8, 4) is 5.88 Å². The van der Waals surface area contributed by atoms with E-state index in [4.69, 9.17) is 4.74 Å². The highest BCUT2D eigenvalue weighted by Crippen LogP contribution is 2.37. The summed E-state index contributed by atoms with van der Waals surface area (Å²) in [7, 11) is 1.61. The van der Waals surface area contributed by atoms with Gasteiger partial charge in [-0.25, -0.2) is 4.98 Å². The number of carbonyl (C=O) groups excluding carboxylic acids is 1. The van der Waals surface area contributed by atoms with E-state index in [2.05, 4.69) is 14.8 Å². The van der Waals surface area contributed by atoms with Gasteiger partial charge in [-0.15, -0.1) is 0 Å². The van der Waals surface area contributed by atoms with Crippen molar-refractivity contribution in [3.63, 3.8) is 0 Å². The fraction of sp³-hybridized carbons (Fsp3) is 0.538. The van der Waals surface area contributed by atoms with Crippen molar-refractivity contribution in [2.75, 3.05) is 57.8 Å². The van der Waals surface area contributed by atoms with Gasteiger partial charge in [0.25, 0.3) is 0 Å². The van der Waals surface area contributed by atoms with Crippen molar-refractivity contribution in [1.82, 2.24) is 14.8 Å². The predicted octanol–water partition coefficient (Wildman–Crippen LogP) is 4.70. The topological polar surface area (TPSA) is 48.9 Å². The Kier molecular flexibility index (Phi) is 9.00. The number of piperidine rings is 1. The lowest BCUT2D eigenvalue weighted by Crippen LogP contribution is -2.48. The van der Waals surface area contributed by atoms with Crippen molar-refractivity contribution >= 4 is 23.4 Å². The first-order chi connectivity index (χ1) is 17.3. The van der Waals surface area contributed by atoms with Crippen LogP contribution in [0, 0.1) is 5.92 Å². The second-order valence-electron chi connectivity index (χ2n) is 9.38. The van der Waals surface area contributed by atoms with E-state index in [1.807, 2.05) is 23.2 Å². The Morgan fingerprint density at radius 2 is 1.83 bits per heavy atom. The van der Waals surface area contributed by atoms with E-state index in [1.54, 1.807) is 19.2 Å². The highest BCUT2D eigenvalue weighted by atomic mass is 32.2. The molecular formula is C26H33F3N4O2S. The van der Waals surface area contributed by atoms with E-state index in [9.17, 15) is 18.0 Å². The zero-order valence-corrected chi connectivity index (χ0v) is 21.4. The number of pyridine rings is 1. The van der Waals surface area contributed by atoms with Crippen LogP contribution in [-0.4, -0.2) is 79.1 Å². The molecule has 0 spiro atoms. The molecule has 36 heavy (non-hydrogen) atoms. The molecule has 2 aromatic rings. The second-order valence-corrected chi connectivity index (χ2v) is 10.5. The molecule has 2 fully saturated rings. The Balaban J connectivity index is 1.19. The number of thioether (sulfide) groups is 1. The van der Waals surface area contributed by atoms with Crippen LogP contribution in [0.1, 0.15) is 24.8 Å². The lowest BCUT2D eigenvalue weighted by molar-refractivity contribution is -0.133. The molecule has 0 saturated carbocycles. The van der Waals surface area contributed by atoms with Crippen LogP contribution >= 0.6 is 11.8 Å². The Morgan fingerprint density at radius 1 is 1.08 bits per heavy atom. The first-order valence-electron chi connectivity index (χ1n) is 12.4. The molecule has 1 aromatic heterocycles. The smallest absolute Gasteiger partial charge is 0.446 e. The van der Waals surface area contributed by atoms with Crippen LogP contribution in [0.25, 0.3) is 0 Å². The Morgan fingerprint density at radius 3 is 2.47 bits per heavy atom. The molecule has 1 amide bonds. The van der Waals surface area contributed by atoms with Gasteiger partial charge in [-0.1, -0.05) is 12.1 Å². The molecule has 0 unspecified atom stereocenters. The SMILES string of the molecule is COc1ccc(N2CCN(CCC(=O)N3CCC[C@H](Cc4ccc(SC(F)(F)F)cc4)C3)CC2)cn1. The number of piperazine rings is 1. The predicted molar refractivity (Wildman–Crippen MR) is 135 cm³/mol. The molecule has 196 valence electrons. The molecule has 1 aromatic carbocycles. The highest BCUT2D eigenvalue weighted by molar-refractivity contribution is 8.00. The van der Waals surface area contributed by atoms with Gasteiger partial charge >= 0.3 is 5.51 Å². The Labute approximate surface area is 214 Å². The number of aromatic nitrogens is 1. The molecule has 1 atom stereocenters. The normalized spacial score (nSPS) is 19.4. The van der Waals surface area contributed by atoms with Crippen molar-refractivity contribution in [2.24, 2.45) is 5.92 Å². The van der Waals surface area contributed by atoms with E-state index in [0.717, 1.165) is 76.3 Å². The number of methoxy groups -OCH3 is 1. The molecule has 2 aliphatic heterocycles. The summed E-state index contributed by atoms with van der Waals surface area (Å²) in [5, 5.41) is 0. The molecule has 0 aliphatic carbocycles. The third-order valence-electron chi connectivity index (χ3n) is 6.86. The van der Waals surface area contributed by atoms with Gasteiger partial charge in [0.05, 0.1) is 19.0 Å². The molecule has 0 N–H and O–H groups in total. The third-order valence-corrected chi connectivity index (χ3v) is 7.60. The summed E-state index contributed by atoms with van der Waals surface area (Å²) in [6.45, 7) is 5.87. The number of alkyl halides is 3. The number of hydrogen-bond acceptors (Lipinski definition) is 6. The van der Waals surface area contributed by atoms with Crippen LogP contribution in [-0.2, 0) is 11.2 Å². The first kappa shape index (κ1) is 26.6. The lowest BCUT2D eigenvalue weighted by atomic mass is 9.91. The van der Waals surface area contributed by atoms with Gasteiger partial charge in [0.15, 0.2) is 0 Å². The van der Waals surface area contributed by atoms with Gasteiger partial charge in [0.1, 0.15) is 0 Å². The summed E-state index contributed by atoms with van der Waals surface area (Å²) in [5.41, 5.74) is -2.17. The molecule has 2 aliphatic rings. The number of benzene rings is 1. The van der Waals surface area contributed by atoms with E-state index >= 15 is 0 Å². The van der Waals surface area contributed by atoms with Crippen LogP contribution in [0.15, 0.2) is 47.5 Å². The Hall–Kier alpha value is -2.46. The minimum absolute atomic E-state index is 0.0897. The quantitative estimate of drug-likeness (QED) is 0.469. The van der Waals surface area contributed by atoms with E-state index in [0.29, 0.717) is 18.2 Å². The highest BCUT2D eigenvalue weighted by Gasteiger charge is 2.29. The molecule has 10 heteroatoms. The van der Waals surface area contributed by atoms with Gasteiger partial charge in [-0.3, -0.25) is 9.69 Å². The maximum atomic E-state index is 12.9. The molecule has 6 nitrogen and oxygen atoms in total. The number of hydrogen-bond donors (Lipinski definition) is 0. The molecule has 3 heterocycles. The number of halogens is 3. The van der Waals surface area contributed by atoms with Crippen molar-refractivity contribution in [3.05, 3.63) is 48.2 Å². The maximum Gasteiger partial charge on any atom is 0.446 e. The largest absolute Gasteiger partial charge is 0.481 e. The van der Waals surface area contributed by atoms with E-state index in [-0.39, 0.29) is 22.6 Å². The van der Waals surface area contributed by atoms with E-state index in [1.165, 1.54) is 12.1 Å². The number of rotatable bonds is 8. The monoisotopic (exact) mass is 522 g/mol. The number of likely N-dealkylation sites (tertiary alicyclic amines) is 1. The van der Waals surface area contributed by atoms with Crippen LogP contribution in [0.5, 0.6) is 5.88 Å². The minimum atomic E-state index is -4.27. The summed E-state index contributed by atoms with van der Waals surface area (Å²) in [6.07, 6.45) is 5.13. The van der Waals surface area contributed by atoms with Crippen LogP contribution in [0.4, 0.5) is 18.9 Å². The van der Waals surface area contributed by atoms with Gasteiger partial charge in [-0.05, 0) is 60.7 Å². The summed E-state index contributed by atoms with van der Waals surface area (Å²) < 4.78 is 42.7. The van der Waals surface area contributed by atoms with Gasteiger partial charge in [-0.2, -0.15) is 13.2 Å². The van der Waals surface area contributed by atoms with Crippen LogP contribution in [0.3, 0.4) is 0 Å². The summed E-state index contributed by atoms with van der Waals surface area (Å²) in [4.78, 5) is 24.0. The average molecular weight is 523 g/mol. The van der Waals surface area contributed by atoms with Crippen molar-refractivity contribution in [1.29, 1.82) is 0 Å². The first-order valence-corrected chi connectivity index (χ1v) is 13.2. The van der Waals surface area contributed by atoms with Crippen molar-refractivity contribution < 1.29 is 22.7 Å². The number of nitrogens with zero attached hydrogens (tertiary/aromatic N) is 4. The number of ether oxygens (including phenoxy) is 1. The van der Waals surface area contributed by atoms with Gasteiger partial charge in [0.2, 0.25) is 11.8 Å². The summed E-state index contributed by atoms with van der Waals surface area (Å²) >= 11 is -0.0897. The third kappa shape index (κ3) is 7.77. The zero-order chi connectivity index (χ0) is 25.5. The average Bonchev–Trinajstić information content (AvgIpc) is 2.88. The zero-order valence-electron chi connectivity index (χ0n) is 20.5. The maximum absolute atomic E-state index is 12.9. The van der Waals surface area contributed by atoms with Gasteiger partial charge < -0.3 is 14.5 Å². The van der Waals surface area contributed by atoms with Crippen LogP contribution < -0.4 is 9.64 Å².